The summed E-state index contributed by atoms with van der Waals surface area (Å²) in [6, 6.07) is 56.8. The second kappa shape index (κ2) is 11.7. The maximum absolute atomic E-state index is 6.29. The van der Waals surface area contributed by atoms with Gasteiger partial charge in [-0.3, -0.25) is 4.98 Å². The number of fused-ring (bicyclic) bond motifs is 9. The number of rotatable bonds is 4. The lowest BCUT2D eigenvalue weighted by atomic mass is 9.92. The average Bonchev–Trinajstić information content (AvgIpc) is 3.68. The van der Waals surface area contributed by atoms with Gasteiger partial charge < -0.3 is 4.42 Å². The molecule has 0 spiro atoms. The molecule has 0 radical (unpaired) electrons. The first-order valence-corrected chi connectivity index (χ1v) is 17.7. The minimum absolute atomic E-state index is 0.611. The van der Waals surface area contributed by atoms with E-state index < -0.39 is 0 Å². The molecule has 7 aromatic carbocycles. The smallest absolute Gasteiger partial charge is 0.227 e. The highest BCUT2D eigenvalue weighted by atomic mass is 16.3. The fraction of sp³-hybridized carbons (Fsp3) is 0. The Morgan fingerprint density at radius 1 is 0.396 bits per heavy atom. The van der Waals surface area contributed by atoms with Gasteiger partial charge in [-0.1, -0.05) is 121 Å². The van der Waals surface area contributed by atoms with E-state index in [4.69, 9.17) is 19.4 Å². The van der Waals surface area contributed by atoms with Crippen LogP contribution in [-0.4, -0.2) is 19.9 Å². The third-order valence-corrected chi connectivity index (χ3v) is 10.3. The molecule has 246 valence electrons. The molecule has 0 bridgehead atoms. The van der Waals surface area contributed by atoms with Gasteiger partial charge in [0.2, 0.25) is 5.89 Å². The lowest BCUT2D eigenvalue weighted by Crippen LogP contribution is -1.92. The quantitative estimate of drug-likeness (QED) is 0.174. The third-order valence-electron chi connectivity index (χ3n) is 10.3. The van der Waals surface area contributed by atoms with Crippen molar-refractivity contribution >= 4 is 65.4 Å². The van der Waals surface area contributed by atoms with Crippen LogP contribution in [0.25, 0.3) is 110 Å². The van der Waals surface area contributed by atoms with Crippen molar-refractivity contribution in [3.05, 3.63) is 170 Å². The first-order valence-electron chi connectivity index (χ1n) is 17.7. The highest BCUT2D eigenvalue weighted by molar-refractivity contribution is 6.20. The molecular weight excluding hydrogens is 649 g/mol. The zero-order chi connectivity index (χ0) is 34.9. The predicted octanol–water partition coefficient (Wildman–Crippen LogP) is 12.4. The first-order chi connectivity index (χ1) is 26.3. The Labute approximate surface area is 303 Å². The summed E-state index contributed by atoms with van der Waals surface area (Å²) in [6.45, 7) is 0. The Balaban J connectivity index is 1.03. The van der Waals surface area contributed by atoms with Gasteiger partial charge in [0.05, 0.1) is 27.9 Å². The van der Waals surface area contributed by atoms with Crippen molar-refractivity contribution in [2.24, 2.45) is 0 Å². The van der Waals surface area contributed by atoms with Crippen molar-refractivity contribution in [3.8, 4) is 45.1 Å². The number of aromatic nitrogens is 4. The van der Waals surface area contributed by atoms with Crippen LogP contribution >= 0.6 is 0 Å². The molecule has 0 N–H and O–H groups in total. The van der Waals surface area contributed by atoms with Crippen LogP contribution in [0.15, 0.2) is 174 Å². The van der Waals surface area contributed by atoms with Crippen molar-refractivity contribution in [2.75, 3.05) is 0 Å². The molecule has 4 heterocycles. The summed E-state index contributed by atoms with van der Waals surface area (Å²) in [5.74, 6) is 0.611. The number of hydrogen-bond acceptors (Lipinski definition) is 5. The summed E-state index contributed by atoms with van der Waals surface area (Å²) >= 11 is 0. The van der Waals surface area contributed by atoms with Crippen LogP contribution in [0, 0.1) is 0 Å². The molecule has 0 aliphatic rings. The van der Waals surface area contributed by atoms with Crippen LogP contribution in [-0.2, 0) is 0 Å². The fourth-order valence-corrected chi connectivity index (χ4v) is 7.81. The van der Waals surface area contributed by atoms with E-state index in [0.717, 1.165) is 99.2 Å². The molecule has 11 aromatic rings. The van der Waals surface area contributed by atoms with Gasteiger partial charge in [-0.05, 0) is 64.4 Å². The Morgan fingerprint density at radius 3 is 1.94 bits per heavy atom. The van der Waals surface area contributed by atoms with E-state index in [1.54, 1.807) is 0 Å². The second-order valence-electron chi connectivity index (χ2n) is 13.4. The van der Waals surface area contributed by atoms with E-state index in [1.807, 2.05) is 54.7 Å². The molecule has 0 saturated carbocycles. The SMILES string of the molecule is c1ccc(-c2nc3c(ccc4c(-c5ccc(-c6ccc(-c7ccc8ccc9cccnc9c8n7)c7ccccc67)cc5)nc5ccccc5c43)o2)cc1. The van der Waals surface area contributed by atoms with Crippen molar-refractivity contribution in [3.63, 3.8) is 0 Å². The van der Waals surface area contributed by atoms with Crippen LogP contribution in [0.5, 0.6) is 0 Å². The van der Waals surface area contributed by atoms with Crippen molar-refractivity contribution in [1.29, 1.82) is 0 Å². The van der Waals surface area contributed by atoms with E-state index in [2.05, 4.69) is 120 Å². The van der Waals surface area contributed by atoms with Gasteiger partial charge in [0.25, 0.3) is 0 Å². The maximum atomic E-state index is 6.29. The topological polar surface area (TPSA) is 64.7 Å². The number of para-hydroxylation sites is 1. The lowest BCUT2D eigenvalue weighted by Gasteiger charge is -2.14. The molecular formula is C48H28N4O. The third kappa shape index (κ3) is 4.71. The Hall–Kier alpha value is -7.24. The predicted molar refractivity (Wildman–Crippen MR) is 217 cm³/mol. The van der Waals surface area contributed by atoms with Crippen LogP contribution < -0.4 is 0 Å². The first kappa shape index (κ1) is 29.5. The van der Waals surface area contributed by atoms with Crippen molar-refractivity contribution in [2.45, 2.75) is 0 Å². The molecule has 0 aliphatic carbocycles. The Kier molecular flexibility index (Phi) is 6.48. The normalized spacial score (nSPS) is 11.8. The number of hydrogen-bond donors (Lipinski definition) is 0. The summed E-state index contributed by atoms with van der Waals surface area (Å²) in [7, 11) is 0. The zero-order valence-electron chi connectivity index (χ0n) is 28.4. The fourth-order valence-electron chi connectivity index (χ4n) is 7.81. The van der Waals surface area contributed by atoms with Gasteiger partial charge >= 0.3 is 0 Å². The van der Waals surface area contributed by atoms with Gasteiger partial charge in [-0.25, -0.2) is 15.0 Å². The van der Waals surface area contributed by atoms with Gasteiger partial charge in [-0.15, -0.1) is 0 Å². The molecule has 0 atom stereocenters. The minimum atomic E-state index is 0.611. The number of pyridine rings is 3. The molecule has 0 saturated heterocycles. The van der Waals surface area contributed by atoms with Crippen molar-refractivity contribution in [1.82, 2.24) is 19.9 Å². The summed E-state index contributed by atoms with van der Waals surface area (Å²) in [6.07, 6.45) is 1.83. The largest absolute Gasteiger partial charge is 0.436 e. The number of oxazole rings is 1. The molecule has 5 heteroatoms. The van der Waals surface area contributed by atoms with Crippen LogP contribution in [0.3, 0.4) is 0 Å². The van der Waals surface area contributed by atoms with Crippen LogP contribution in [0.4, 0.5) is 0 Å². The molecule has 0 amide bonds. The van der Waals surface area contributed by atoms with E-state index in [0.29, 0.717) is 5.89 Å². The lowest BCUT2D eigenvalue weighted by molar-refractivity contribution is 0.620. The molecule has 11 rings (SSSR count). The summed E-state index contributed by atoms with van der Waals surface area (Å²) in [4.78, 5) is 20.1. The molecule has 0 aliphatic heterocycles. The summed E-state index contributed by atoms with van der Waals surface area (Å²) in [5.41, 5.74) is 11.6. The Bertz CT molecular complexity index is 3220. The summed E-state index contributed by atoms with van der Waals surface area (Å²) in [5, 5.41) is 7.64. The molecule has 4 aromatic heterocycles. The molecule has 0 fully saturated rings. The highest BCUT2D eigenvalue weighted by Gasteiger charge is 2.18. The van der Waals surface area contributed by atoms with E-state index >= 15 is 0 Å². The number of benzene rings is 7. The highest BCUT2D eigenvalue weighted by Crippen LogP contribution is 2.40. The van der Waals surface area contributed by atoms with Crippen molar-refractivity contribution < 1.29 is 4.42 Å². The zero-order valence-corrected chi connectivity index (χ0v) is 28.4. The minimum Gasteiger partial charge on any atom is -0.436 e. The number of nitrogens with zero attached hydrogens (tertiary/aromatic N) is 4. The maximum Gasteiger partial charge on any atom is 0.227 e. The van der Waals surface area contributed by atoms with Gasteiger partial charge in [0, 0.05) is 49.8 Å². The second-order valence-corrected chi connectivity index (χ2v) is 13.4. The molecule has 0 unspecified atom stereocenters. The van der Waals surface area contributed by atoms with Crippen LogP contribution in [0.1, 0.15) is 0 Å². The van der Waals surface area contributed by atoms with Crippen LogP contribution in [0.2, 0.25) is 0 Å². The average molecular weight is 677 g/mol. The Morgan fingerprint density at radius 2 is 1.09 bits per heavy atom. The van der Waals surface area contributed by atoms with Gasteiger partial charge in [0.1, 0.15) is 5.52 Å². The van der Waals surface area contributed by atoms with E-state index in [1.165, 1.54) is 5.39 Å². The standard InChI is InChI=1S/C48H28N4O/c1-2-9-33(10-3-1)48-52-47-42(53-48)27-25-39-43(47)38-14-6-7-15-40(38)50-44(39)31-18-16-29(17-19-31)34-23-24-37(36-13-5-4-12-35(34)36)41-26-22-32-21-20-30-11-8-28-49-45(30)46(32)51-41/h1-28H. The molecule has 53 heavy (non-hydrogen) atoms. The summed E-state index contributed by atoms with van der Waals surface area (Å²) < 4.78 is 6.29. The van der Waals surface area contributed by atoms with E-state index in [-0.39, 0.29) is 0 Å². The van der Waals surface area contributed by atoms with Gasteiger partial charge in [-0.2, -0.15) is 0 Å². The molecule has 5 nitrogen and oxygen atoms in total. The monoisotopic (exact) mass is 676 g/mol. The van der Waals surface area contributed by atoms with Gasteiger partial charge in [0.15, 0.2) is 5.58 Å². The van der Waals surface area contributed by atoms with E-state index in [9.17, 15) is 0 Å².